The molecule has 4 aromatic rings. The molecule has 230 valence electrons. The van der Waals surface area contributed by atoms with Gasteiger partial charge in [0.15, 0.2) is 11.5 Å². The molecule has 0 bridgehead atoms. The van der Waals surface area contributed by atoms with Gasteiger partial charge < -0.3 is 20.1 Å². The highest BCUT2D eigenvalue weighted by molar-refractivity contribution is 7.99. The van der Waals surface area contributed by atoms with Crippen LogP contribution in [0.2, 0.25) is 0 Å². The topological polar surface area (TPSA) is 90.3 Å². The van der Waals surface area contributed by atoms with Crippen molar-refractivity contribution in [1.82, 2.24) is 14.8 Å². The highest BCUT2D eigenvalue weighted by atomic mass is 32.2. The highest BCUT2D eigenvalue weighted by Gasteiger charge is 2.35. The molecule has 5 rings (SSSR count). The number of hydrogen-bond donors (Lipinski definition) is 2. The maximum absolute atomic E-state index is 13.9. The first-order chi connectivity index (χ1) is 21.1. The summed E-state index contributed by atoms with van der Waals surface area (Å²) >= 11 is 1.60. The maximum atomic E-state index is 13.9. The van der Waals surface area contributed by atoms with Crippen LogP contribution < -0.4 is 20.1 Å². The Morgan fingerprint density at radius 3 is 2.41 bits per heavy atom. The summed E-state index contributed by atoms with van der Waals surface area (Å²) in [5.41, 5.74) is 6.37. The summed E-state index contributed by atoms with van der Waals surface area (Å²) in [6.07, 6.45) is 1.01. The molecule has 8 nitrogen and oxygen atoms in total. The molecule has 0 fully saturated rings. The molecule has 0 spiro atoms. The average Bonchev–Trinajstić information content (AvgIpc) is 3.41. The van der Waals surface area contributed by atoms with E-state index >= 15 is 0 Å². The molecular formula is C35H41N5O3S. The molecule has 0 saturated carbocycles. The molecule has 1 unspecified atom stereocenters. The number of carbonyl (C=O) groups is 1. The van der Waals surface area contributed by atoms with Gasteiger partial charge in [0.1, 0.15) is 12.6 Å². The third-order valence-corrected chi connectivity index (χ3v) is 8.58. The quantitative estimate of drug-likeness (QED) is 0.176. The summed E-state index contributed by atoms with van der Waals surface area (Å²) in [5.74, 6) is 2.47. The van der Waals surface area contributed by atoms with Gasteiger partial charge in [0, 0.05) is 17.1 Å². The molecule has 1 aromatic heterocycles. The zero-order valence-electron chi connectivity index (χ0n) is 26.5. The number of ether oxygens (including phenoxy) is 2. The van der Waals surface area contributed by atoms with Crippen LogP contribution in [0.3, 0.4) is 0 Å². The lowest BCUT2D eigenvalue weighted by molar-refractivity contribution is -0.113. The van der Waals surface area contributed by atoms with Crippen molar-refractivity contribution in [2.75, 3.05) is 23.5 Å². The first kappa shape index (κ1) is 31.2. The third-order valence-electron chi connectivity index (χ3n) is 7.54. The number of nitrogens with one attached hydrogen (secondary N) is 2. The second-order valence-electron chi connectivity index (χ2n) is 12.0. The molecule has 3 aromatic carbocycles. The minimum atomic E-state index is -0.534. The number of nitrogens with zero attached hydrogens (tertiary/aromatic N) is 3. The van der Waals surface area contributed by atoms with Crippen LogP contribution in [0, 0.1) is 6.92 Å². The van der Waals surface area contributed by atoms with Crippen molar-refractivity contribution >= 4 is 29.3 Å². The Kier molecular flexibility index (Phi) is 9.34. The number of allylic oxidation sites excluding steroid dienone is 1. The van der Waals surface area contributed by atoms with Crippen molar-refractivity contribution in [2.24, 2.45) is 0 Å². The number of anilines is 2. The van der Waals surface area contributed by atoms with Gasteiger partial charge in [-0.05, 0) is 66.6 Å². The van der Waals surface area contributed by atoms with E-state index in [0.717, 1.165) is 34.6 Å². The van der Waals surface area contributed by atoms with E-state index in [9.17, 15) is 4.79 Å². The van der Waals surface area contributed by atoms with E-state index in [4.69, 9.17) is 19.6 Å². The van der Waals surface area contributed by atoms with Crippen molar-refractivity contribution in [3.63, 3.8) is 0 Å². The smallest absolute Gasteiger partial charge is 0.255 e. The van der Waals surface area contributed by atoms with Crippen LogP contribution in [-0.2, 0) is 16.8 Å². The third kappa shape index (κ3) is 6.94. The van der Waals surface area contributed by atoms with Crippen LogP contribution in [-0.4, -0.2) is 33.5 Å². The second kappa shape index (κ2) is 13.2. The lowest BCUT2D eigenvalue weighted by atomic mass is 9.87. The van der Waals surface area contributed by atoms with Gasteiger partial charge in [-0.25, -0.2) is 4.68 Å². The molecule has 1 atom stereocenters. The average molecular weight is 612 g/mol. The number of aromatic nitrogens is 3. The maximum Gasteiger partial charge on any atom is 0.255 e. The summed E-state index contributed by atoms with van der Waals surface area (Å²) in [5, 5.41) is 11.9. The molecule has 0 radical (unpaired) electrons. The highest BCUT2D eigenvalue weighted by Crippen LogP contribution is 2.40. The largest absolute Gasteiger partial charge is 0.493 e. The molecule has 1 aliphatic rings. The lowest BCUT2D eigenvalue weighted by Gasteiger charge is -2.29. The van der Waals surface area contributed by atoms with Crippen molar-refractivity contribution in [3.8, 4) is 11.5 Å². The SMILES string of the molecule is CCCSc1nc2n(n1)C(c1ccc(OCc3ccc(C(C)(C)C)cc3)c(OC)c1)C(C(=O)Nc1ccc(C)cc1)=C(C)N2. The molecule has 44 heavy (non-hydrogen) atoms. The monoisotopic (exact) mass is 611 g/mol. The van der Waals surface area contributed by atoms with E-state index in [1.165, 1.54) is 5.56 Å². The number of hydrogen-bond acceptors (Lipinski definition) is 7. The van der Waals surface area contributed by atoms with Crippen LogP contribution in [0.25, 0.3) is 0 Å². The zero-order chi connectivity index (χ0) is 31.4. The molecule has 1 amide bonds. The summed E-state index contributed by atoms with van der Waals surface area (Å²) in [4.78, 5) is 18.6. The van der Waals surface area contributed by atoms with Crippen LogP contribution in [0.5, 0.6) is 11.5 Å². The number of methoxy groups -OCH3 is 1. The fourth-order valence-electron chi connectivity index (χ4n) is 5.06. The van der Waals surface area contributed by atoms with Crippen LogP contribution in [0.1, 0.15) is 69.3 Å². The van der Waals surface area contributed by atoms with E-state index in [0.29, 0.717) is 40.5 Å². The molecule has 2 N–H and O–H groups in total. The van der Waals surface area contributed by atoms with Crippen LogP contribution in [0.15, 0.2) is 83.2 Å². The van der Waals surface area contributed by atoms with Gasteiger partial charge in [0.2, 0.25) is 11.1 Å². The molecular weight excluding hydrogens is 570 g/mol. The van der Waals surface area contributed by atoms with E-state index in [1.807, 2.05) is 56.3 Å². The predicted molar refractivity (Wildman–Crippen MR) is 178 cm³/mol. The summed E-state index contributed by atoms with van der Waals surface area (Å²) in [6.45, 7) is 13.1. The minimum absolute atomic E-state index is 0.0924. The number of amides is 1. The molecule has 0 aliphatic carbocycles. The fourth-order valence-corrected chi connectivity index (χ4v) is 5.74. The number of fused-ring (bicyclic) bond motifs is 1. The Bertz CT molecular complexity index is 1650. The van der Waals surface area contributed by atoms with Gasteiger partial charge in [-0.2, -0.15) is 4.98 Å². The van der Waals surface area contributed by atoms with Crippen molar-refractivity contribution in [2.45, 2.75) is 71.2 Å². The van der Waals surface area contributed by atoms with E-state index in [1.54, 1.807) is 23.6 Å². The number of thioether (sulfide) groups is 1. The van der Waals surface area contributed by atoms with Gasteiger partial charge in [0.05, 0.1) is 12.7 Å². The van der Waals surface area contributed by atoms with Crippen molar-refractivity contribution in [1.29, 1.82) is 0 Å². The Morgan fingerprint density at radius 1 is 1.02 bits per heavy atom. The number of benzene rings is 3. The minimum Gasteiger partial charge on any atom is -0.493 e. The first-order valence-corrected chi connectivity index (χ1v) is 15.9. The summed E-state index contributed by atoms with van der Waals surface area (Å²) in [7, 11) is 1.62. The fraction of sp³-hybridized carbons (Fsp3) is 0.343. The Labute approximate surface area is 264 Å². The standard InChI is InChI=1S/C35H41N5O3S/c1-8-19-44-34-38-33-36-23(3)30(32(41)37-27-16-9-22(2)10-17-27)31(40(33)39-34)25-13-18-28(29(20-25)42-7)43-21-24-11-14-26(15-12-24)35(4,5)6/h9-18,20,31H,8,19,21H2,1-7H3,(H,37,41)(H,36,38,39). The number of aryl methyl sites for hydroxylation is 1. The van der Waals surface area contributed by atoms with Gasteiger partial charge >= 0.3 is 0 Å². The number of carbonyl (C=O) groups excluding carboxylic acids is 1. The van der Waals surface area contributed by atoms with Gasteiger partial charge in [-0.1, -0.05) is 87.5 Å². The van der Waals surface area contributed by atoms with Crippen LogP contribution >= 0.6 is 11.8 Å². The van der Waals surface area contributed by atoms with Gasteiger partial charge in [-0.15, -0.1) is 5.10 Å². The lowest BCUT2D eigenvalue weighted by Crippen LogP contribution is -2.31. The predicted octanol–water partition coefficient (Wildman–Crippen LogP) is 7.90. The van der Waals surface area contributed by atoms with Crippen molar-refractivity contribution < 1.29 is 14.3 Å². The molecule has 9 heteroatoms. The Morgan fingerprint density at radius 2 is 1.75 bits per heavy atom. The first-order valence-electron chi connectivity index (χ1n) is 14.9. The number of rotatable bonds is 10. The Hall–Kier alpha value is -4.24. The Balaban J connectivity index is 1.46. The normalized spacial score (nSPS) is 14.6. The molecule has 2 heterocycles. The van der Waals surface area contributed by atoms with Crippen molar-refractivity contribution in [3.05, 3.63) is 100 Å². The molecule has 0 saturated heterocycles. The second-order valence-corrected chi connectivity index (χ2v) is 13.1. The van der Waals surface area contributed by atoms with Gasteiger partial charge in [-0.3, -0.25) is 4.79 Å². The van der Waals surface area contributed by atoms with E-state index < -0.39 is 6.04 Å². The summed E-state index contributed by atoms with van der Waals surface area (Å²) < 4.78 is 13.8. The van der Waals surface area contributed by atoms with Crippen LogP contribution in [0.4, 0.5) is 11.6 Å². The van der Waals surface area contributed by atoms with E-state index in [2.05, 4.69) is 62.6 Å². The van der Waals surface area contributed by atoms with E-state index in [-0.39, 0.29) is 11.3 Å². The van der Waals surface area contributed by atoms with Gasteiger partial charge in [0.25, 0.3) is 5.91 Å². The zero-order valence-corrected chi connectivity index (χ0v) is 27.3. The summed E-state index contributed by atoms with van der Waals surface area (Å²) in [6, 6.07) is 21.5. The molecule has 1 aliphatic heterocycles.